The van der Waals surface area contributed by atoms with E-state index in [-0.39, 0.29) is 6.07 Å². The Bertz CT molecular complexity index is 384. The molecule has 0 aliphatic heterocycles. The molecule has 0 saturated heterocycles. The molecule has 84 valence electrons. The molecular weight excluding hydrogens is 226 g/mol. The Balaban J connectivity index is 3.48. The highest BCUT2D eigenvalue weighted by Gasteiger charge is 2.37. The maximum Gasteiger partial charge on any atom is 0.419 e. The van der Waals surface area contributed by atoms with Crippen LogP contribution in [0.5, 0.6) is 0 Å². The first kappa shape index (κ1) is 11.8. The van der Waals surface area contributed by atoms with Crippen LogP contribution in [0.25, 0.3) is 0 Å². The van der Waals surface area contributed by atoms with Crippen molar-refractivity contribution in [3.63, 3.8) is 0 Å². The maximum atomic E-state index is 12.8. The van der Waals surface area contributed by atoms with E-state index in [1.165, 1.54) is 0 Å². The van der Waals surface area contributed by atoms with Crippen molar-refractivity contribution in [2.45, 2.75) is 12.8 Å². The van der Waals surface area contributed by atoms with Crippen LogP contribution in [0, 0.1) is 17.5 Å². The Morgan fingerprint density at radius 2 is 1.60 bits per heavy atom. The molecule has 0 fully saturated rings. The van der Waals surface area contributed by atoms with E-state index in [4.69, 9.17) is 5.11 Å². The molecule has 0 aliphatic carbocycles. The van der Waals surface area contributed by atoms with Crippen molar-refractivity contribution in [2.75, 3.05) is 0 Å². The summed E-state index contributed by atoms with van der Waals surface area (Å²) >= 11 is 0. The average molecular weight is 230 g/mol. The summed E-state index contributed by atoms with van der Waals surface area (Å²) in [4.78, 5) is 0. The number of halogens is 6. The molecule has 1 aromatic rings. The minimum atomic E-state index is -5.18. The molecule has 0 saturated carbocycles. The molecule has 0 amide bonds. The molecule has 0 spiro atoms. The molecule has 0 bridgehead atoms. The number of benzene rings is 1. The zero-order chi connectivity index (χ0) is 11.8. The van der Waals surface area contributed by atoms with Crippen LogP contribution in [-0.4, -0.2) is 5.11 Å². The van der Waals surface area contributed by atoms with Gasteiger partial charge >= 0.3 is 6.18 Å². The largest absolute Gasteiger partial charge is 0.419 e. The Morgan fingerprint density at radius 1 is 1.07 bits per heavy atom. The van der Waals surface area contributed by atoms with Crippen molar-refractivity contribution in [3.05, 3.63) is 34.6 Å². The second-order valence-electron chi connectivity index (χ2n) is 2.67. The summed E-state index contributed by atoms with van der Waals surface area (Å²) in [5.74, 6) is -5.87. The number of hydrogen-bond donors (Lipinski definition) is 1. The van der Waals surface area contributed by atoms with Gasteiger partial charge in [0, 0.05) is 0 Å². The second-order valence-corrected chi connectivity index (χ2v) is 2.67. The van der Waals surface area contributed by atoms with Crippen LogP contribution in [-0.2, 0) is 12.8 Å². The molecule has 0 radical (unpaired) electrons. The van der Waals surface area contributed by atoms with E-state index < -0.39 is 41.4 Å². The minimum absolute atomic E-state index is 0.191. The fourth-order valence-corrected chi connectivity index (χ4v) is 0.984. The Labute approximate surface area is 79.9 Å². The van der Waals surface area contributed by atoms with Gasteiger partial charge in [0.25, 0.3) is 0 Å². The van der Waals surface area contributed by atoms with Crippen LogP contribution in [0.4, 0.5) is 26.3 Å². The number of alkyl halides is 3. The normalized spacial score (nSPS) is 11.9. The van der Waals surface area contributed by atoms with Crippen molar-refractivity contribution in [2.24, 2.45) is 0 Å². The lowest BCUT2D eigenvalue weighted by Crippen LogP contribution is -2.12. The van der Waals surface area contributed by atoms with E-state index in [2.05, 4.69) is 0 Å². The number of aliphatic hydroxyl groups is 1. The molecule has 0 atom stereocenters. The van der Waals surface area contributed by atoms with Crippen molar-refractivity contribution in [1.82, 2.24) is 0 Å². The summed E-state index contributed by atoms with van der Waals surface area (Å²) in [7, 11) is 0. The summed E-state index contributed by atoms with van der Waals surface area (Å²) < 4.78 is 74.3. The molecule has 1 N–H and O–H groups in total. The van der Waals surface area contributed by atoms with Gasteiger partial charge in [0.1, 0.15) is 5.82 Å². The quantitative estimate of drug-likeness (QED) is 0.580. The lowest BCUT2D eigenvalue weighted by molar-refractivity contribution is -0.140. The fourth-order valence-electron chi connectivity index (χ4n) is 0.984. The molecule has 15 heavy (non-hydrogen) atoms. The average Bonchev–Trinajstić information content (AvgIpc) is 2.10. The molecule has 1 nitrogen and oxygen atoms in total. The zero-order valence-electron chi connectivity index (χ0n) is 7.00. The zero-order valence-corrected chi connectivity index (χ0v) is 7.00. The second kappa shape index (κ2) is 3.73. The third-order valence-corrected chi connectivity index (χ3v) is 1.72. The summed E-state index contributed by atoms with van der Waals surface area (Å²) in [6.07, 6.45) is -5.18. The molecule has 0 aliphatic rings. The van der Waals surface area contributed by atoms with Gasteiger partial charge in [0.05, 0.1) is 17.7 Å². The molecule has 0 unspecified atom stereocenters. The summed E-state index contributed by atoms with van der Waals surface area (Å²) in [5, 5.41) is 8.39. The maximum absolute atomic E-state index is 12.8. The predicted molar refractivity (Wildman–Crippen MR) is 37.2 cm³/mol. The van der Waals surface area contributed by atoms with Crippen molar-refractivity contribution < 1.29 is 31.4 Å². The lowest BCUT2D eigenvalue weighted by Gasteiger charge is -2.10. The Kier molecular flexibility index (Phi) is 2.94. The van der Waals surface area contributed by atoms with Crippen molar-refractivity contribution in [3.8, 4) is 0 Å². The Hall–Kier alpha value is -1.24. The highest BCUT2D eigenvalue weighted by atomic mass is 19.4. The van der Waals surface area contributed by atoms with Gasteiger partial charge in [-0.2, -0.15) is 13.2 Å². The summed E-state index contributed by atoms with van der Waals surface area (Å²) in [5.41, 5.74) is -3.16. The summed E-state index contributed by atoms with van der Waals surface area (Å²) in [6.45, 7) is -1.22. The predicted octanol–water partition coefficient (Wildman–Crippen LogP) is 2.62. The molecule has 0 heterocycles. The SMILES string of the molecule is OCc1c(F)cc(C(F)(F)F)c(F)c1F. The molecule has 7 heteroatoms. The van der Waals surface area contributed by atoms with Crippen LogP contribution in [0.2, 0.25) is 0 Å². The van der Waals surface area contributed by atoms with E-state index >= 15 is 0 Å². The molecular formula is C8H4F6O. The number of rotatable bonds is 1. The van der Waals surface area contributed by atoms with Crippen molar-refractivity contribution in [1.29, 1.82) is 0 Å². The monoisotopic (exact) mass is 230 g/mol. The van der Waals surface area contributed by atoms with E-state index in [1.54, 1.807) is 0 Å². The van der Waals surface area contributed by atoms with E-state index in [9.17, 15) is 26.3 Å². The van der Waals surface area contributed by atoms with Crippen molar-refractivity contribution >= 4 is 0 Å². The highest BCUT2D eigenvalue weighted by molar-refractivity contribution is 5.29. The van der Waals surface area contributed by atoms with Gasteiger partial charge in [-0.3, -0.25) is 0 Å². The standard InChI is InChI=1S/C8H4F6O/c9-5-1-4(8(12,13)14)7(11)6(10)3(5)2-15/h1,15H,2H2. The lowest BCUT2D eigenvalue weighted by atomic mass is 10.1. The third-order valence-electron chi connectivity index (χ3n) is 1.72. The molecule has 0 aromatic heterocycles. The first-order chi connectivity index (χ1) is 6.79. The van der Waals surface area contributed by atoms with Gasteiger partial charge in [-0.15, -0.1) is 0 Å². The van der Waals surface area contributed by atoms with Crippen LogP contribution in [0.1, 0.15) is 11.1 Å². The van der Waals surface area contributed by atoms with Crippen LogP contribution in [0.15, 0.2) is 6.07 Å². The number of hydrogen-bond acceptors (Lipinski definition) is 1. The van der Waals surface area contributed by atoms with Gasteiger partial charge in [0.2, 0.25) is 0 Å². The third kappa shape index (κ3) is 2.06. The Morgan fingerprint density at radius 3 is 2.00 bits per heavy atom. The topological polar surface area (TPSA) is 20.2 Å². The van der Waals surface area contributed by atoms with Gasteiger partial charge in [-0.05, 0) is 6.07 Å². The first-order valence-electron chi connectivity index (χ1n) is 3.63. The molecule has 1 aromatic carbocycles. The van der Waals surface area contributed by atoms with Crippen LogP contribution >= 0.6 is 0 Å². The summed E-state index contributed by atoms with van der Waals surface area (Å²) in [6, 6.07) is -0.191. The first-order valence-corrected chi connectivity index (χ1v) is 3.63. The van der Waals surface area contributed by atoms with E-state index in [1.807, 2.05) is 0 Å². The van der Waals surface area contributed by atoms with Gasteiger partial charge < -0.3 is 5.11 Å². The minimum Gasteiger partial charge on any atom is -0.391 e. The fraction of sp³-hybridized carbons (Fsp3) is 0.250. The molecule has 1 rings (SSSR count). The highest BCUT2D eigenvalue weighted by Crippen LogP contribution is 2.34. The smallest absolute Gasteiger partial charge is 0.391 e. The van der Waals surface area contributed by atoms with Gasteiger partial charge in [0.15, 0.2) is 11.6 Å². The van der Waals surface area contributed by atoms with E-state index in [0.717, 1.165) is 0 Å². The van der Waals surface area contributed by atoms with Gasteiger partial charge in [-0.25, -0.2) is 13.2 Å². The van der Waals surface area contributed by atoms with Gasteiger partial charge in [-0.1, -0.05) is 0 Å². The van der Waals surface area contributed by atoms with Crippen LogP contribution < -0.4 is 0 Å². The van der Waals surface area contributed by atoms with Crippen LogP contribution in [0.3, 0.4) is 0 Å². The number of aliphatic hydroxyl groups excluding tert-OH is 1. The van der Waals surface area contributed by atoms with E-state index in [0.29, 0.717) is 0 Å².